The second kappa shape index (κ2) is 8.95. The fourth-order valence-corrected chi connectivity index (χ4v) is 3.35. The summed E-state index contributed by atoms with van der Waals surface area (Å²) in [4.78, 5) is 24.1. The van der Waals surface area contributed by atoms with E-state index in [1.165, 1.54) is 0 Å². The SMILES string of the molecule is C[Si](C)(C)ON=C(CCCC(=O)O[Si](C)(C)C)C(=O)O[Si](C)(C)C. The quantitative estimate of drug-likeness (QED) is 0.336. The Labute approximate surface area is 149 Å². The van der Waals surface area contributed by atoms with Crippen molar-refractivity contribution in [1.82, 2.24) is 0 Å². The fourth-order valence-electron chi connectivity index (χ4n) is 1.51. The standard InChI is InChI=1S/C15H33NO5Si3/c1-22(2,3)19-14(17)12-10-11-13(16-21-24(7,8)9)15(18)20-23(4,5)6/h10-12H2,1-9H3. The highest BCUT2D eigenvalue weighted by Crippen LogP contribution is 2.11. The molecule has 0 fully saturated rings. The number of carbonyl (C=O) groups excluding carboxylic acids is 2. The van der Waals surface area contributed by atoms with Crippen LogP contribution in [-0.2, 0) is 23.0 Å². The van der Waals surface area contributed by atoms with E-state index < -0.39 is 30.9 Å². The Morgan fingerprint density at radius 1 is 0.750 bits per heavy atom. The molecule has 0 aliphatic carbocycles. The molecule has 0 radical (unpaired) electrons. The summed E-state index contributed by atoms with van der Waals surface area (Å²) in [6, 6.07) is 0. The summed E-state index contributed by atoms with van der Waals surface area (Å²) >= 11 is 0. The van der Waals surface area contributed by atoms with E-state index in [9.17, 15) is 9.59 Å². The molecule has 0 spiro atoms. The maximum absolute atomic E-state index is 12.3. The molecular formula is C15H33NO5Si3. The first-order valence-corrected chi connectivity index (χ1v) is 18.5. The van der Waals surface area contributed by atoms with Gasteiger partial charge >= 0.3 is 5.97 Å². The lowest BCUT2D eigenvalue weighted by Crippen LogP contribution is -2.34. The van der Waals surface area contributed by atoms with Crippen LogP contribution in [0.1, 0.15) is 19.3 Å². The molecule has 0 amide bonds. The van der Waals surface area contributed by atoms with Gasteiger partial charge in [-0.25, -0.2) is 4.79 Å². The predicted molar refractivity (Wildman–Crippen MR) is 105 cm³/mol. The highest BCUT2D eigenvalue weighted by Gasteiger charge is 2.26. The average molecular weight is 392 g/mol. The third-order valence-electron chi connectivity index (χ3n) is 2.28. The Balaban J connectivity index is 4.78. The van der Waals surface area contributed by atoms with Gasteiger partial charge in [0.15, 0.2) is 5.71 Å². The van der Waals surface area contributed by atoms with Gasteiger partial charge in [0.1, 0.15) is 0 Å². The number of hydrogen-bond acceptors (Lipinski definition) is 6. The summed E-state index contributed by atoms with van der Waals surface area (Å²) in [6.07, 6.45) is 1.09. The minimum atomic E-state index is -2.01. The average Bonchev–Trinajstić information content (AvgIpc) is 2.27. The molecule has 0 aromatic carbocycles. The van der Waals surface area contributed by atoms with Gasteiger partial charge in [0.2, 0.25) is 16.6 Å². The molecular weight excluding hydrogens is 358 g/mol. The second-order valence-electron chi connectivity index (χ2n) is 8.68. The summed E-state index contributed by atoms with van der Waals surface area (Å²) in [5.41, 5.74) is 0.251. The van der Waals surface area contributed by atoms with Gasteiger partial charge in [0, 0.05) is 12.8 Å². The van der Waals surface area contributed by atoms with Crippen LogP contribution in [0.5, 0.6) is 0 Å². The molecule has 0 bridgehead atoms. The summed E-state index contributed by atoms with van der Waals surface area (Å²) in [7, 11) is -5.77. The Bertz CT molecular complexity index is 473. The molecule has 0 heterocycles. The van der Waals surface area contributed by atoms with Crippen molar-refractivity contribution in [2.75, 3.05) is 0 Å². The summed E-state index contributed by atoms with van der Waals surface area (Å²) in [5, 5.41) is 4.03. The van der Waals surface area contributed by atoms with Crippen molar-refractivity contribution in [3.05, 3.63) is 0 Å². The normalized spacial score (nSPS) is 13.5. The van der Waals surface area contributed by atoms with E-state index in [2.05, 4.69) is 5.16 Å². The van der Waals surface area contributed by atoms with E-state index in [0.717, 1.165) is 0 Å². The number of hydrogen-bond donors (Lipinski definition) is 0. The number of rotatable bonds is 9. The van der Waals surface area contributed by atoms with Crippen molar-refractivity contribution in [2.45, 2.75) is 78.2 Å². The summed E-state index contributed by atoms with van der Waals surface area (Å²) < 4.78 is 16.4. The van der Waals surface area contributed by atoms with Gasteiger partial charge < -0.3 is 13.4 Å². The topological polar surface area (TPSA) is 74.2 Å². The molecule has 0 aliphatic rings. The minimum absolute atomic E-state index is 0.224. The second-order valence-corrected chi connectivity index (χ2v) is 21.9. The number of oxime groups is 1. The molecule has 6 nitrogen and oxygen atoms in total. The van der Waals surface area contributed by atoms with E-state index >= 15 is 0 Å². The maximum atomic E-state index is 12.3. The molecule has 0 rings (SSSR count). The summed E-state index contributed by atoms with van der Waals surface area (Å²) in [6.45, 7) is 17.7. The Kier molecular flexibility index (Phi) is 8.60. The summed E-state index contributed by atoms with van der Waals surface area (Å²) in [5.74, 6) is -0.663. The smallest absolute Gasteiger partial charge is 0.342 e. The van der Waals surface area contributed by atoms with Gasteiger partial charge in [-0.3, -0.25) is 4.79 Å². The van der Waals surface area contributed by atoms with Gasteiger partial charge in [-0.1, -0.05) is 5.16 Å². The molecule has 0 N–H and O–H groups in total. The van der Waals surface area contributed by atoms with Crippen molar-refractivity contribution >= 4 is 42.6 Å². The van der Waals surface area contributed by atoms with E-state index in [4.69, 9.17) is 13.4 Å². The highest BCUT2D eigenvalue weighted by atomic mass is 28.4. The van der Waals surface area contributed by atoms with E-state index in [0.29, 0.717) is 12.8 Å². The van der Waals surface area contributed by atoms with Crippen molar-refractivity contribution in [3.63, 3.8) is 0 Å². The monoisotopic (exact) mass is 391 g/mol. The van der Waals surface area contributed by atoms with Crippen LogP contribution in [0.3, 0.4) is 0 Å². The Hall–Kier alpha value is -0.939. The van der Waals surface area contributed by atoms with Crippen LogP contribution in [0.4, 0.5) is 0 Å². The number of nitrogens with zero attached hydrogens (tertiary/aromatic N) is 1. The van der Waals surface area contributed by atoms with Crippen LogP contribution in [0.2, 0.25) is 58.9 Å². The minimum Gasteiger partial charge on any atom is -0.520 e. The fraction of sp³-hybridized carbons (Fsp3) is 0.800. The van der Waals surface area contributed by atoms with Crippen LogP contribution in [0.15, 0.2) is 5.16 Å². The lowest BCUT2D eigenvalue weighted by molar-refractivity contribution is -0.135. The molecule has 9 heteroatoms. The molecule has 0 aromatic heterocycles. The van der Waals surface area contributed by atoms with Crippen molar-refractivity contribution < 1.29 is 23.0 Å². The molecule has 0 saturated heterocycles. The zero-order valence-electron chi connectivity index (χ0n) is 16.6. The zero-order valence-corrected chi connectivity index (χ0v) is 19.6. The highest BCUT2D eigenvalue weighted by molar-refractivity contribution is 6.73. The Morgan fingerprint density at radius 3 is 1.67 bits per heavy atom. The Morgan fingerprint density at radius 2 is 1.25 bits per heavy atom. The molecule has 0 aliphatic heterocycles. The van der Waals surface area contributed by atoms with Crippen LogP contribution in [0, 0.1) is 0 Å². The molecule has 0 saturated carbocycles. The molecule has 0 atom stereocenters. The third-order valence-corrected chi connectivity index (χ3v) is 4.56. The molecule has 0 unspecified atom stereocenters. The third kappa shape index (κ3) is 13.5. The predicted octanol–water partition coefficient (Wildman–Crippen LogP) is 4.12. The molecule has 140 valence electrons. The first-order chi connectivity index (χ1) is 10.6. The first-order valence-electron chi connectivity index (χ1n) is 8.29. The zero-order chi connectivity index (χ0) is 19.2. The van der Waals surface area contributed by atoms with Gasteiger partial charge in [-0.15, -0.1) is 0 Å². The van der Waals surface area contributed by atoms with Gasteiger partial charge in [0.25, 0.3) is 14.3 Å². The van der Waals surface area contributed by atoms with Crippen molar-refractivity contribution in [1.29, 1.82) is 0 Å². The van der Waals surface area contributed by atoms with Crippen LogP contribution >= 0.6 is 0 Å². The van der Waals surface area contributed by atoms with E-state index in [-0.39, 0.29) is 18.1 Å². The lowest BCUT2D eigenvalue weighted by Gasteiger charge is -2.20. The first kappa shape index (κ1) is 23.1. The van der Waals surface area contributed by atoms with Gasteiger partial charge in [-0.05, 0) is 65.3 Å². The molecule has 24 heavy (non-hydrogen) atoms. The van der Waals surface area contributed by atoms with E-state index in [1.54, 1.807) is 0 Å². The molecule has 0 aromatic rings. The van der Waals surface area contributed by atoms with E-state index in [1.807, 2.05) is 58.9 Å². The number of carbonyl (C=O) groups is 2. The van der Waals surface area contributed by atoms with Crippen LogP contribution in [-0.4, -0.2) is 42.6 Å². The maximum Gasteiger partial charge on any atom is 0.342 e. The largest absolute Gasteiger partial charge is 0.520 e. The van der Waals surface area contributed by atoms with Crippen LogP contribution in [0.25, 0.3) is 0 Å². The van der Waals surface area contributed by atoms with Crippen LogP contribution < -0.4 is 0 Å². The van der Waals surface area contributed by atoms with Gasteiger partial charge in [-0.2, -0.15) is 0 Å². The lowest BCUT2D eigenvalue weighted by atomic mass is 10.2. The van der Waals surface area contributed by atoms with Gasteiger partial charge in [0.05, 0.1) is 0 Å². The van der Waals surface area contributed by atoms with Crippen molar-refractivity contribution in [3.8, 4) is 0 Å². The van der Waals surface area contributed by atoms with Crippen molar-refractivity contribution in [2.24, 2.45) is 5.16 Å².